The minimum atomic E-state index is -4.74. The third kappa shape index (κ3) is 3.95. The van der Waals surface area contributed by atoms with E-state index in [-0.39, 0.29) is 5.90 Å². The zero-order valence-corrected chi connectivity index (χ0v) is 12.4. The van der Waals surface area contributed by atoms with Gasteiger partial charge in [0.25, 0.3) is 0 Å². The van der Waals surface area contributed by atoms with Crippen molar-refractivity contribution in [1.82, 2.24) is 5.32 Å². The maximum atomic E-state index is 13.1. The number of hydrogen-bond acceptors (Lipinski definition) is 4. The first kappa shape index (κ1) is 17.1. The van der Waals surface area contributed by atoms with E-state index in [0.29, 0.717) is 36.8 Å². The van der Waals surface area contributed by atoms with Gasteiger partial charge in [-0.3, -0.25) is 9.98 Å². The Kier molecular flexibility index (Phi) is 5.15. The number of nitrogens with one attached hydrogen (secondary N) is 1. The summed E-state index contributed by atoms with van der Waals surface area (Å²) in [7, 11) is 1.40. The summed E-state index contributed by atoms with van der Waals surface area (Å²) in [6.45, 7) is 4.48. The number of aliphatic imine (C=N–C) groups is 2. The molecule has 8 heteroatoms. The van der Waals surface area contributed by atoms with Crippen LogP contribution in [0.2, 0.25) is 0 Å². The molecule has 0 saturated heterocycles. The Balaban J connectivity index is 2.41. The summed E-state index contributed by atoms with van der Waals surface area (Å²) in [5.41, 5.74) is -0.0486. The highest BCUT2D eigenvalue weighted by molar-refractivity contribution is 5.96. The first-order valence-corrected chi connectivity index (χ1v) is 6.78. The molecule has 0 atom stereocenters. The van der Waals surface area contributed by atoms with Crippen LogP contribution >= 0.6 is 0 Å². The van der Waals surface area contributed by atoms with Crippen molar-refractivity contribution in [2.24, 2.45) is 9.98 Å². The lowest BCUT2D eigenvalue weighted by Gasteiger charge is -2.21. The van der Waals surface area contributed by atoms with Crippen LogP contribution in [0.1, 0.15) is 12.0 Å². The van der Waals surface area contributed by atoms with Gasteiger partial charge < -0.3 is 10.1 Å². The van der Waals surface area contributed by atoms with Gasteiger partial charge in [-0.2, -0.15) is 13.2 Å². The Morgan fingerprint density at radius 3 is 2.70 bits per heavy atom. The van der Waals surface area contributed by atoms with Gasteiger partial charge in [0.15, 0.2) is 0 Å². The second kappa shape index (κ2) is 6.91. The molecule has 1 aliphatic heterocycles. The minimum Gasteiger partial charge on any atom is -0.438 e. The lowest BCUT2D eigenvalue weighted by atomic mass is 10.1. The number of hydrogen-bond donors (Lipinski definition) is 1. The molecule has 0 bridgehead atoms. The molecular formula is C15H15F4N3O. The van der Waals surface area contributed by atoms with Crippen molar-refractivity contribution in [2.45, 2.75) is 12.6 Å². The molecule has 1 aromatic carbocycles. The molecule has 0 fully saturated rings. The van der Waals surface area contributed by atoms with Crippen LogP contribution in [0.5, 0.6) is 5.75 Å². The fourth-order valence-electron chi connectivity index (χ4n) is 2.21. The normalized spacial score (nSPS) is 16.5. The summed E-state index contributed by atoms with van der Waals surface area (Å²) in [6.07, 6.45) is -4.25. The van der Waals surface area contributed by atoms with Crippen LogP contribution in [-0.4, -0.2) is 32.8 Å². The van der Waals surface area contributed by atoms with E-state index in [1.165, 1.54) is 7.05 Å². The first-order chi connectivity index (χ1) is 10.9. The van der Waals surface area contributed by atoms with Gasteiger partial charge in [0, 0.05) is 19.2 Å². The Labute approximate surface area is 130 Å². The van der Waals surface area contributed by atoms with Gasteiger partial charge in [-0.15, -0.1) is 0 Å². The lowest BCUT2D eigenvalue weighted by Crippen LogP contribution is -2.29. The third-order valence-corrected chi connectivity index (χ3v) is 3.30. The fourth-order valence-corrected chi connectivity index (χ4v) is 2.21. The van der Waals surface area contributed by atoms with Crippen LogP contribution in [0.25, 0.3) is 0 Å². The molecule has 1 N–H and O–H groups in total. The molecule has 124 valence electrons. The van der Waals surface area contributed by atoms with Gasteiger partial charge in [-0.1, -0.05) is 0 Å². The van der Waals surface area contributed by atoms with Gasteiger partial charge >= 0.3 is 6.18 Å². The lowest BCUT2D eigenvalue weighted by molar-refractivity contribution is -0.138. The van der Waals surface area contributed by atoms with Crippen molar-refractivity contribution in [1.29, 1.82) is 0 Å². The van der Waals surface area contributed by atoms with Crippen LogP contribution in [0.3, 0.4) is 0 Å². The Bertz CT molecular complexity index is 665. The molecule has 0 radical (unpaired) electrons. The monoisotopic (exact) mass is 329 g/mol. The summed E-state index contributed by atoms with van der Waals surface area (Å²) >= 11 is 0. The van der Waals surface area contributed by atoms with Crippen molar-refractivity contribution in [3.05, 3.63) is 40.8 Å². The largest absolute Gasteiger partial charge is 0.438 e. The highest BCUT2D eigenvalue weighted by Crippen LogP contribution is 2.37. The first-order valence-electron chi connectivity index (χ1n) is 6.78. The standard InChI is InChI=1S/C15H15F4N3O/c1-20-12-8-22-6-5-10(12)14(21-2)23-13-4-3-9(16)7-11(13)15(17,18)19/h3-4,7,22H,1,5-6,8H2,2H3. The minimum absolute atomic E-state index is 0.0195. The molecule has 23 heavy (non-hydrogen) atoms. The van der Waals surface area contributed by atoms with E-state index in [1.807, 2.05) is 0 Å². The molecule has 1 aliphatic rings. The van der Waals surface area contributed by atoms with Crippen molar-refractivity contribution < 1.29 is 22.3 Å². The molecular weight excluding hydrogens is 314 g/mol. The molecule has 1 aromatic rings. The van der Waals surface area contributed by atoms with E-state index in [0.717, 1.165) is 12.1 Å². The maximum Gasteiger partial charge on any atom is 0.420 e. The SMILES string of the molecule is C=NC1=C(C(=NC)Oc2ccc(F)cc2C(F)(F)F)CCNC1. The predicted octanol–water partition coefficient (Wildman–Crippen LogP) is 3.20. The summed E-state index contributed by atoms with van der Waals surface area (Å²) in [4.78, 5) is 7.76. The van der Waals surface area contributed by atoms with E-state index in [9.17, 15) is 17.6 Å². The summed E-state index contributed by atoms with van der Waals surface area (Å²) in [5, 5.41) is 3.07. The second-order valence-electron chi connectivity index (χ2n) is 4.78. The molecule has 0 spiro atoms. The number of rotatable bonds is 3. The van der Waals surface area contributed by atoms with Crippen molar-refractivity contribution >= 4 is 12.6 Å². The highest BCUT2D eigenvalue weighted by atomic mass is 19.4. The average molecular weight is 329 g/mol. The van der Waals surface area contributed by atoms with E-state index in [2.05, 4.69) is 22.0 Å². The molecule has 0 unspecified atom stereocenters. The number of benzene rings is 1. The number of halogens is 4. The number of ether oxygens (including phenoxy) is 1. The summed E-state index contributed by atoms with van der Waals surface area (Å²) in [6, 6.07) is 2.24. The Morgan fingerprint density at radius 2 is 2.09 bits per heavy atom. The molecule has 4 nitrogen and oxygen atoms in total. The van der Waals surface area contributed by atoms with Gasteiger partial charge in [0.1, 0.15) is 17.1 Å². The number of nitrogens with zero attached hydrogens (tertiary/aromatic N) is 2. The molecule has 2 rings (SSSR count). The molecule has 0 aromatic heterocycles. The average Bonchev–Trinajstić information content (AvgIpc) is 2.52. The maximum absolute atomic E-state index is 13.1. The zero-order valence-electron chi connectivity index (χ0n) is 12.4. The summed E-state index contributed by atoms with van der Waals surface area (Å²) in [5.74, 6) is -1.48. The van der Waals surface area contributed by atoms with Gasteiger partial charge in [-0.05, 0) is 37.9 Å². The zero-order chi connectivity index (χ0) is 17.0. The van der Waals surface area contributed by atoms with Gasteiger partial charge in [-0.25, -0.2) is 4.39 Å². The quantitative estimate of drug-likeness (QED) is 0.526. The highest BCUT2D eigenvalue weighted by Gasteiger charge is 2.35. The molecule has 1 heterocycles. The van der Waals surface area contributed by atoms with E-state index in [4.69, 9.17) is 4.74 Å². The van der Waals surface area contributed by atoms with Crippen LogP contribution in [0.4, 0.5) is 17.6 Å². The smallest absolute Gasteiger partial charge is 0.420 e. The van der Waals surface area contributed by atoms with Gasteiger partial charge in [0.2, 0.25) is 5.90 Å². The number of alkyl halides is 3. The Morgan fingerprint density at radius 1 is 1.35 bits per heavy atom. The molecule has 0 saturated carbocycles. The second-order valence-corrected chi connectivity index (χ2v) is 4.78. The van der Waals surface area contributed by atoms with Crippen LogP contribution in [-0.2, 0) is 6.18 Å². The topological polar surface area (TPSA) is 46.0 Å². The molecule has 0 amide bonds. The van der Waals surface area contributed by atoms with Crippen molar-refractivity contribution in [2.75, 3.05) is 20.1 Å². The van der Waals surface area contributed by atoms with Crippen molar-refractivity contribution in [3.8, 4) is 5.75 Å². The van der Waals surface area contributed by atoms with Gasteiger partial charge in [0.05, 0.1) is 5.70 Å². The van der Waals surface area contributed by atoms with Crippen LogP contribution in [0, 0.1) is 5.82 Å². The predicted molar refractivity (Wildman–Crippen MR) is 79.5 cm³/mol. The van der Waals surface area contributed by atoms with E-state index < -0.39 is 23.3 Å². The van der Waals surface area contributed by atoms with E-state index >= 15 is 0 Å². The molecule has 0 aliphatic carbocycles. The Hall–Kier alpha value is -2.22. The third-order valence-electron chi connectivity index (χ3n) is 3.30. The van der Waals surface area contributed by atoms with Crippen LogP contribution in [0.15, 0.2) is 39.5 Å². The summed E-state index contributed by atoms with van der Waals surface area (Å²) < 4.78 is 57.6. The fraction of sp³-hybridized carbons (Fsp3) is 0.333. The van der Waals surface area contributed by atoms with E-state index in [1.54, 1.807) is 0 Å². The van der Waals surface area contributed by atoms with Crippen LogP contribution < -0.4 is 10.1 Å². The van der Waals surface area contributed by atoms with Crippen molar-refractivity contribution in [3.63, 3.8) is 0 Å².